The van der Waals surface area contributed by atoms with E-state index in [9.17, 15) is 9.59 Å². The molecule has 3 rings (SSSR count). The van der Waals surface area contributed by atoms with E-state index >= 15 is 0 Å². The van der Waals surface area contributed by atoms with Crippen LogP contribution in [-0.2, 0) is 4.79 Å². The molecular formula is C22H28N4O2S2. The van der Waals surface area contributed by atoms with Crippen molar-refractivity contribution in [2.45, 2.75) is 47.0 Å². The Labute approximate surface area is 187 Å². The van der Waals surface area contributed by atoms with Gasteiger partial charge in [-0.2, -0.15) is 0 Å². The Morgan fingerprint density at radius 2 is 1.83 bits per heavy atom. The summed E-state index contributed by atoms with van der Waals surface area (Å²) in [6, 6.07) is 3.81. The lowest BCUT2D eigenvalue weighted by molar-refractivity contribution is -0.122. The monoisotopic (exact) mass is 444 g/mol. The third-order valence-electron chi connectivity index (χ3n) is 4.87. The maximum absolute atomic E-state index is 13.5. The van der Waals surface area contributed by atoms with Crippen LogP contribution in [0.25, 0.3) is 11.7 Å². The van der Waals surface area contributed by atoms with Crippen molar-refractivity contribution < 1.29 is 4.79 Å². The molecule has 2 aromatic rings. The molecule has 1 aliphatic rings. The fourth-order valence-electron chi connectivity index (χ4n) is 3.53. The Bertz CT molecular complexity index is 1060. The Balaban J connectivity index is 2.22. The van der Waals surface area contributed by atoms with Gasteiger partial charge in [0.2, 0.25) is 0 Å². The summed E-state index contributed by atoms with van der Waals surface area (Å²) >= 11 is 6.64. The Hall–Kier alpha value is -2.19. The molecule has 0 bridgehead atoms. The summed E-state index contributed by atoms with van der Waals surface area (Å²) in [5, 5.41) is 0. The summed E-state index contributed by atoms with van der Waals surface area (Å²) < 4.78 is 2.10. The van der Waals surface area contributed by atoms with E-state index in [4.69, 9.17) is 17.2 Å². The zero-order valence-electron chi connectivity index (χ0n) is 18.0. The van der Waals surface area contributed by atoms with Crippen LogP contribution in [0.15, 0.2) is 28.0 Å². The van der Waals surface area contributed by atoms with E-state index in [0.717, 1.165) is 37.9 Å². The maximum Gasteiger partial charge on any atom is 0.267 e. The SMILES string of the molecule is CCCN1C(=O)C(=Cc2c(N(CCC)CCC)nc3ccc(C)cn3c2=O)SC1=S. The summed E-state index contributed by atoms with van der Waals surface area (Å²) in [5.74, 6) is 0.498. The average Bonchev–Trinajstić information content (AvgIpc) is 2.98. The predicted octanol–water partition coefficient (Wildman–Crippen LogP) is 4.24. The van der Waals surface area contributed by atoms with Crippen LogP contribution in [0.3, 0.4) is 0 Å². The van der Waals surface area contributed by atoms with Gasteiger partial charge in [0.15, 0.2) is 0 Å². The number of pyridine rings is 1. The zero-order valence-corrected chi connectivity index (χ0v) is 19.6. The highest BCUT2D eigenvalue weighted by Crippen LogP contribution is 2.33. The van der Waals surface area contributed by atoms with E-state index < -0.39 is 0 Å². The van der Waals surface area contributed by atoms with Crippen molar-refractivity contribution in [1.82, 2.24) is 14.3 Å². The molecule has 0 saturated carbocycles. The topological polar surface area (TPSA) is 57.9 Å². The van der Waals surface area contributed by atoms with Crippen molar-refractivity contribution >= 4 is 51.7 Å². The summed E-state index contributed by atoms with van der Waals surface area (Å²) in [6.45, 7) is 10.3. The first kappa shape index (κ1) is 22.5. The Morgan fingerprint density at radius 1 is 1.13 bits per heavy atom. The zero-order chi connectivity index (χ0) is 21.8. The predicted molar refractivity (Wildman–Crippen MR) is 129 cm³/mol. The Kier molecular flexibility index (Phi) is 7.31. The molecular weight excluding hydrogens is 416 g/mol. The molecule has 160 valence electrons. The third kappa shape index (κ3) is 4.44. The summed E-state index contributed by atoms with van der Waals surface area (Å²) in [4.78, 5) is 35.4. The lowest BCUT2D eigenvalue weighted by atomic mass is 10.2. The minimum Gasteiger partial charge on any atom is -0.356 e. The van der Waals surface area contributed by atoms with Crippen LogP contribution in [0.4, 0.5) is 5.82 Å². The van der Waals surface area contributed by atoms with Gasteiger partial charge in [0.05, 0.1) is 10.5 Å². The molecule has 8 heteroatoms. The van der Waals surface area contributed by atoms with Gasteiger partial charge in [-0.3, -0.25) is 18.9 Å². The molecule has 1 amide bonds. The van der Waals surface area contributed by atoms with Crippen molar-refractivity contribution in [3.63, 3.8) is 0 Å². The van der Waals surface area contributed by atoms with E-state index in [2.05, 4.69) is 18.7 Å². The molecule has 0 spiro atoms. The number of hydrogen-bond acceptors (Lipinski definition) is 6. The second kappa shape index (κ2) is 9.75. The molecule has 1 aliphatic heterocycles. The molecule has 3 heterocycles. The Morgan fingerprint density at radius 3 is 2.47 bits per heavy atom. The highest BCUT2D eigenvalue weighted by atomic mass is 32.2. The number of thioether (sulfide) groups is 1. The number of fused-ring (bicyclic) bond motifs is 1. The number of aryl methyl sites for hydroxylation is 1. The standard InChI is InChI=1S/C22H28N4O2S2/c1-5-10-24(11-6-2)19-16(13-17-21(28)25(12-7-3)22(29)30-17)20(27)26-14-15(4)8-9-18(26)23-19/h8-9,13-14H,5-7,10-12H2,1-4H3. The quantitative estimate of drug-likeness (QED) is 0.448. The van der Waals surface area contributed by atoms with Gasteiger partial charge in [0.1, 0.15) is 15.8 Å². The first-order valence-electron chi connectivity index (χ1n) is 10.4. The van der Waals surface area contributed by atoms with E-state index in [1.54, 1.807) is 21.6 Å². The minimum atomic E-state index is -0.170. The molecule has 0 N–H and O–H groups in total. The van der Waals surface area contributed by atoms with Crippen molar-refractivity contribution in [3.8, 4) is 0 Å². The number of amides is 1. The molecule has 6 nitrogen and oxygen atoms in total. The van der Waals surface area contributed by atoms with Crippen LogP contribution in [0.5, 0.6) is 0 Å². The molecule has 1 saturated heterocycles. The molecule has 30 heavy (non-hydrogen) atoms. The molecule has 0 atom stereocenters. The van der Waals surface area contributed by atoms with Crippen LogP contribution in [-0.4, -0.2) is 44.1 Å². The van der Waals surface area contributed by atoms with Crippen LogP contribution in [0.1, 0.15) is 51.2 Å². The third-order valence-corrected chi connectivity index (χ3v) is 6.25. The number of carbonyl (C=O) groups is 1. The molecule has 0 radical (unpaired) electrons. The van der Waals surface area contributed by atoms with Crippen molar-refractivity contribution in [2.24, 2.45) is 0 Å². The highest BCUT2D eigenvalue weighted by molar-refractivity contribution is 8.26. The smallest absolute Gasteiger partial charge is 0.267 e. The molecule has 1 fully saturated rings. The summed E-state index contributed by atoms with van der Waals surface area (Å²) in [7, 11) is 0. The van der Waals surface area contributed by atoms with E-state index in [1.165, 1.54) is 11.8 Å². The largest absolute Gasteiger partial charge is 0.356 e. The molecule has 0 aromatic carbocycles. The van der Waals surface area contributed by atoms with Gasteiger partial charge in [0.25, 0.3) is 11.5 Å². The first-order valence-corrected chi connectivity index (χ1v) is 11.7. The van der Waals surface area contributed by atoms with E-state index in [1.807, 2.05) is 26.0 Å². The summed E-state index contributed by atoms with van der Waals surface area (Å²) in [5.41, 5.74) is 1.85. The van der Waals surface area contributed by atoms with Gasteiger partial charge in [0, 0.05) is 25.8 Å². The highest BCUT2D eigenvalue weighted by Gasteiger charge is 2.32. The number of nitrogens with zero attached hydrogens (tertiary/aromatic N) is 4. The second-order valence-corrected chi connectivity index (χ2v) is 9.09. The number of thiocarbonyl (C=S) groups is 1. The lowest BCUT2D eigenvalue weighted by Gasteiger charge is -2.24. The molecule has 0 unspecified atom stereocenters. The second-order valence-electron chi connectivity index (χ2n) is 7.41. The van der Waals surface area contributed by atoms with Gasteiger partial charge in [-0.25, -0.2) is 4.98 Å². The number of rotatable bonds is 8. The summed E-state index contributed by atoms with van der Waals surface area (Å²) in [6.07, 6.45) is 6.18. The number of aromatic nitrogens is 2. The molecule has 2 aromatic heterocycles. The van der Waals surface area contributed by atoms with Crippen LogP contribution in [0.2, 0.25) is 0 Å². The number of hydrogen-bond donors (Lipinski definition) is 0. The number of anilines is 1. The van der Waals surface area contributed by atoms with E-state index in [-0.39, 0.29) is 11.5 Å². The number of carbonyl (C=O) groups excluding carboxylic acids is 1. The fourth-order valence-corrected chi connectivity index (χ4v) is 4.82. The lowest BCUT2D eigenvalue weighted by Crippen LogP contribution is -2.31. The van der Waals surface area contributed by atoms with Crippen LogP contribution in [0, 0.1) is 6.92 Å². The average molecular weight is 445 g/mol. The fraction of sp³-hybridized carbons (Fsp3) is 0.455. The van der Waals surface area contributed by atoms with Crippen LogP contribution < -0.4 is 10.5 Å². The first-order chi connectivity index (χ1) is 14.4. The maximum atomic E-state index is 13.5. The minimum absolute atomic E-state index is 0.135. The van der Waals surface area contributed by atoms with Gasteiger partial charge < -0.3 is 4.90 Å². The van der Waals surface area contributed by atoms with E-state index in [0.29, 0.717) is 32.8 Å². The normalized spacial score (nSPS) is 15.6. The van der Waals surface area contributed by atoms with Gasteiger partial charge in [-0.1, -0.05) is 50.8 Å². The van der Waals surface area contributed by atoms with Crippen molar-refractivity contribution in [2.75, 3.05) is 24.5 Å². The van der Waals surface area contributed by atoms with Crippen molar-refractivity contribution in [3.05, 3.63) is 44.7 Å². The van der Waals surface area contributed by atoms with Gasteiger partial charge >= 0.3 is 0 Å². The molecule has 0 aliphatic carbocycles. The van der Waals surface area contributed by atoms with Crippen LogP contribution >= 0.6 is 24.0 Å². The van der Waals surface area contributed by atoms with Crippen molar-refractivity contribution in [1.29, 1.82) is 0 Å². The van der Waals surface area contributed by atoms with Gasteiger partial charge in [-0.15, -0.1) is 0 Å². The van der Waals surface area contributed by atoms with Gasteiger partial charge in [-0.05, 0) is 43.9 Å².